The molecule has 1 aromatic carbocycles. The number of aromatic nitrogens is 2. The number of aryl methyl sites for hydroxylation is 1. The minimum absolute atomic E-state index is 0.169. The first-order chi connectivity index (χ1) is 13.0. The van der Waals surface area contributed by atoms with Crippen molar-refractivity contribution in [3.63, 3.8) is 0 Å². The molecule has 0 spiro atoms. The van der Waals surface area contributed by atoms with Crippen LogP contribution in [-0.4, -0.2) is 52.6 Å². The predicted molar refractivity (Wildman–Crippen MR) is 102 cm³/mol. The maximum Gasteiger partial charge on any atom is 0.280 e. The van der Waals surface area contributed by atoms with Crippen LogP contribution in [0.25, 0.3) is 10.9 Å². The van der Waals surface area contributed by atoms with Gasteiger partial charge in [-0.1, -0.05) is 0 Å². The number of carbonyl (C=O) groups is 2. The summed E-state index contributed by atoms with van der Waals surface area (Å²) < 4.78 is 6.74. The zero-order chi connectivity index (χ0) is 19.6. The number of likely N-dealkylation sites (N-methyl/N-ethyl adjacent to an activating group) is 1. The lowest BCUT2D eigenvalue weighted by molar-refractivity contribution is -0.132. The van der Waals surface area contributed by atoms with E-state index in [2.05, 4.69) is 4.98 Å². The first kappa shape index (κ1) is 18.9. The second kappa shape index (κ2) is 7.77. The third kappa shape index (κ3) is 3.51. The summed E-state index contributed by atoms with van der Waals surface area (Å²) in [6.45, 7) is 7.10. The molecule has 0 aliphatic carbocycles. The number of ether oxygens (including phenoxy) is 1. The first-order valence-corrected chi connectivity index (χ1v) is 9.27. The van der Waals surface area contributed by atoms with Gasteiger partial charge in [-0.3, -0.25) is 14.4 Å². The molecule has 2 aromatic rings. The molecule has 0 saturated carbocycles. The van der Waals surface area contributed by atoms with E-state index in [-0.39, 0.29) is 30.3 Å². The second-order valence-electron chi connectivity index (χ2n) is 6.27. The van der Waals surface area contributed by atoms with Crippen LogP contribution in [0.5, 0.6) is 5.75 Å². The summed E-state index contributed by atoms with van der Waals surface area (Å²) in [6.07, 6.45) is 0.577. The zero-order valence-corrected chi connectivity index (χ0v) is 15.9. The zero-order valence-electron chi connectivity index (χ0n) is 15.9. The van der Waals surface area contributed by atoms with Crippen LogP contribution in [-0.2, 0) is 16.0 Å². The van der Waals surface area contributed by atoms with Crippen LogP contribution in [0.3, 0.4) is 0 Å². The van der Waals surface area contributed by atoms with E-state index in [4.69, 9.17) is 4.74 Å². The molecule has 1 aromatic heterocycles. The summed E-state index contributed by atoms with van der Waals surface area (Å²) in [5, 5.41) is 1.61. The Morgan fingerprint density at radius 3 is 2.59 bits per heavy atom. The van der Waals surface area contributed by atoms with Crippen molar-refractivity contribution in [1.82, 2.24) is 14.6 Å². The van der Waals surface area contributed by atoms with Crippen molar-refractivity contribution in [3.8, 4) is 5.75 Å². The Hall–Kier alpha value is -2.90. The molecule has 8 heteroatoms. The number of benzene rings is 1. The lowest BCUT2D eigenvalue weighted by Gasteiger charge is -2.31. The molecule has 8 nitrogen and oxygen atoms in total. The summed E-state index contributed by atoms with van der Waals surface area (Å²) >= 11 is 0. The average Bonchev–Trinajstić information content (AvgIpc) is 2.65. The highest BCUT2D eigenvalue weighted by molar-refractivity contribution is 5.94. The fourth-order valence-corrected chi connectivity index (χ4v) is 3.29. The molecule has 0 fully saturated rings. The normalized spacial score (nSPS) is 13.6. The Balaban J connectivity index is 2.06. The lowest BCUT2D eigenvalue weighted by atomic mass is 10.2. The van der Waals surface area contributed by atoms with Gasteiger partial charge in [-0.15, -0.1) is 0 Å². The highest BCUT2D eigenvalue weighted by Crippen LogP contribution is 2.19. The molecule has 1 aliphatic heterocycles. The van der Waals surface area contributed by atoms with Gasteiger partial charge in [0.1, 0.15) is 18.1 Å². The predicted octanol–water partition coefficient (Wildman–Crippen LogP) is 1.07. The van der Waals surface area contributed by atoms with E-state index in [9.17, 15) is 14.4 Å². The van der Waals surface area contributed by atoms with Gasteiger partial charge in [-0.05, 0) is 32.9 Å². The Morgan fingerprint density at radius 1 is 1.19 bits per heavy atom. The van der Waals surface area contributed by atoms with E-state index >= 15 is 0 Å². The topological polar surface area (TPSA) is 84.7 Å². The van der Waals surface area contributed by atoms with Gasteiger partial charge in [0.25, 0.3) is 5.56 Å². The maximum absolute atomic E-state index is 13.1. The van der Waals surface area contributed by atoms with Crippen LogP contribution in [0.15, 0.2) is 23.0 Å². The Morgan fingerprint density at radius 2 is 1.93 bits per heavy atom. The average molecular weight is 372 g/mol. The minimum atomic E-state index is -0.349. The van der Waals surface area contributed by atoms with E-state index in [1.165, 1.54) is 9.69 Å². The standard InChI is InChI=1S/C19H24N4O4/c1-4-21(5-2)18(25)12-22-17(24)10-9-16-20-15-11-13(27-6-3)7-8-14(15)19(26)23(16)22/h7-8,11H,4-6,9-10,12H2,1-3H3. The fourth-order valence-electron chi connectivity index (χ4n) is 3.29. The number of carbonyl (C=O) groups excluding carboxylic acids is 2. The third-order valence-electron chi connectivity index (χ3n) is 4.69. The molecule has 0 radical (unpaired) electrons. The Bertz CT molecular complexity index is 933. The van der Waals surface area contributed by atoms with Gasteiger partial charge in [0.15, 0.2) is 0 Å². The van der Waals surface area contributed by atoms with Gasteiger partial charge in [-0.2, -0.15) is 4.68 Å². The molecular weight excluding hydrogens is 348 g/mol. The molecule has 2 heterocycles. The molecule has 144 valence electrons. The smallest absolute Gasteiger partial charge is 0.280 e. The van der Waals surface area contributed by atoms with E-state index < -0.39 is 0 Å². The maximum atomic E-state index is 13.1. The Kier molecular flexibility index (Phi) is 5.43. The monoisotopic (exact) mass is 372 g/mol. The summed E-state index contributed by atoms with van der Waals surface area (Å²) in [5.41, 5.74) is 0.181. The molecule has 3 rings (SSSR count). The first-order valence-electron chi connectivity index (χ1n) is 9.27. The van der Waals surface area contributed by atoms with Gasteiger partial charge in [0, 0.05) is 32.0 Å². The molecule has 27 heavy (non-hydrogen) atoms. The van der Waals surface area contributed by atoms with Crippen molar-refractivity contribution in [2.24, 2.45) is 0 Å². The van der Waals surface area contributed by atoms with Crippen LogP contribution in [0.1, 0.15) is 33.0 Å². The largest absolute Gasteiger partial charge is 0.494 e. The van der Waals surface area contributed by atoms with Crippen molar-refractivity contribution in [2.75, 3.05) is 31.3 Å². The third-order valence-corrected chi connectivity index (χ3v) is 4.69. The summed E-state index contributed by atoms with van der Waals surface area (Å²) in [4.78, 5) is 44.2. The van der Waals surface area contributed by atoms with Gasteiger partial charge in [0.2, 0.25) is 11.8 Å². The molecule has 0 N–H and O–H groups in total. The SMILES string of the molecule is CCOc1ccc2c(=O)n3c(nc2c1)CCC(=O)N3CC(=O)N(CC)CC. The van der Waals surface area contributed by atoms with Crippen molar-refractivity contribution < 1.29 is 14.3 Å². The fraction of sp³-hybridized carbons (Fsp3) is 0.474. The summed E-state index contributed by atoms with van der Waals surface area (Å²) in [6, 6.07) is 5.08. The van der Waals surface area contributed by atoms with Crippen LogP contribution in [0, 0.1) is 0 Å². The van der Waals surface area contributed by atoms with Crippen molar-refractivity contribution in [2.45, 2.75) is 33.6 Å². The van der Waals surface area contributed by atoms with E-state index in [1.807, 2.05) is 20.8 Å². The second-order valence-corrected chi connectivity index (χ2v) is 6.27. The van der Waals surface area contributed by atoms with Crippen molar-refractivity contribution in [3.05, 3.63) is 34.4 Å². The summed E-state index contributed by atoms with van der Waals surface area (Å²) in [5.74, 6) is 0.674. The number of hydrogen-bond donors (Lipinski definition) is 0. The van der Waals surface area contributed by atoms with Gasteiger partial charge in [0.05, 0.1) is 17.5 Å². The van der Waals surface area contributed by atoms with Crippen LogP contribution < -0.4 is 15.3 Å². The molecular formula is C19H24N4O4. The van der Waals surface area contributed by atoms with Crippen molar-refractivity contribution in [1.29, 1.82) is 0 Å². The van der Waals surface area contributed by atoms with E-state index in [1.54, 1.807) is 23.1 Å². The number of hydrogen-bond acceptors (Lipinski definition) is 5. The van der Waals surface area contributed by atoms with Crippen molar-refractivity contribution >= 4 is 22.7 Å². The number of nitrogens with zero attached hydrogens (tertiary/aromatic N) is 4. The molecule has 2 amide bonds. The number of amides is 2. The minimum Gasteiger partial charge on any atom is -0.494 e. The molecule has 0 unspecified atom stereocenters. The highest BCUT2D eigenvalue weighted by Gasteiger charge is 2.29. The van der Waals surface area contributed by atoms with Gasteiger partial charge >= 0.3 is 0 Å². The lowest BCUT2D eigenvalue weighted by Crippen LogP contribution is -2.55. The Labute approximate surface area is 157 Å². The molecule has 0 bridgehead atoms. The van der Waals surface area contributed by atoms with Gasteiger partial charge < -0.3 is 9.64 Å². The van der Waals surface area contributed by atoms with Crippen LogP contribution in [0.2, 0.25) is 0 Å². The highest BCUT2D eigenvalue weighted by atomic mass is 16.5. The van der Waals surface area contributed by atoms with Gasteiger partial charge in [-0.25, -0.2) is 9.99 Å². The molecule has 0 saturated heterocycles. The quantitative estimate of drug-likeness (QED) is 0.757. The van der Waals surface area contributed by atoms with Crippen LogP contribution in [0.4, 0.5) is 0 Å². The summed E-state index contributed by atoms with van der Waals surface area (Å²) in [7, 11) is 0. The van der Waals surface area contributed by atoms with E-state index in [0.29, 0.717) is 48.6 Å². The number of fused-ring (bicyclic) bond motifs is 2. The number of rotatable bonds is 6. The molecule has 0 atom stereocenters. The van der Waals surface area contributed by atoms with E-state index in [0.717, 1.165) is 0 Å². The molecule has 1 aliphatic rings. The van der Waals surface area contributed by atoms with Crippen LogP contribution >= 0.6 is 0 Å².